The number of furan rings is 1. The summed E-state index contributed by atoms with van der Waals surface area (Å²) in [6.07, 6.45) is 8.94. The van der Waals surface area contributed by atoms with Gasteiger partial charge in [0.05, 0.1) is 23.6 Å². The molecule has 0 N–H and O–H groups in total. The number of benzene rings is 1. The molecule has 2 aromatic heterocycles. The van der Waals surface area contributed by atoms with Crippen LogP contribution in [0.4, 0.5) is 0 Å². The van der Waals surface area contributed by atoms with E-state index in [4.69, 9.17) is 4.42 Å². The fourth-order valence-electron chi connectivity index (χ4n) is 3.72. The van der Waals surface area contributed by atoms with E-state index in [2.05, 4.69) is 35.5 Å². The number of aromatic nitrogens is 2. The molecular formula is C22H25N3O2. The number of amides is 1. The van der Waals surface area contributed by atoms with Crippen molar-refractivity contribution in [2.45, 2.75) is 33.2 Å². The van der Waals surface area contributed by atoms with Crippen molar-refractivity contribution in [3.8, 4) is 0 Å². The molecule has 3 aromatic rings. The van der Waals surface area contributed by atoms with Gasteiger partial charge in [-0.15, -0.1) is 0 Å². The van der Waals surface area contributed by atoms with E-state index in [9.17, 15) is 4.79 Å². The second-order valence-corrected chi connectivity index (χ2v) is 7.44. The van der Waals surface area contributed by atoms with Crippen LogP contribution in [-0.2, 0) is 11.3 Å². The van der Waals surface area contributed by atoms with E-state index in [1.807, 2.05) is 23.4 Å². The van der Waals surface area contributed by atoms with Gasteiger partial charge in [-0.2, -0.15) is 0 Å². The van der Waals surface area contributed by atoms with Gasteiger partial charge in [-0.25, -0.2) is 4.98 Å². The van der Waals surface area contributed by atoms with Crippen LogP contribution in [-0.4, -0.2) is 33.4 Å². The summed E-state index contributed by atoms with van der Waals surface area (Å²) in [5.74, 6) is 1.34. The number of fused-ring (bicyclic) bond motifs is 1. The molecule has 5 heteroatoms. The standard InChI is InChI=1S/C22H25N3O2/c1-16-12-20-21(13-17(16)2)25(15-23-20)14-18-7-9-24(10-8-18)22(26)6-5-19-4-3-11-27-19/h3-6,11-13,15,18H,7-10,14H2,1-2H3/b6-5+. The highest BCUT2D eigenvalue weighted by atomic mass is 16.3. The van der Waals surface area contributed by atoms with Crippen LogP contribution in [0.1, 0.15) is 29.7 Å². The minimum Gasteiger partial charge on any atom is -0.465 e. The Morgan fingerprint density at radius 1 is 1.26 bits per heavy atom. The second-order valence-electron chi connectivity index (χ2n) is 7.44. The molecule has 0 atom stereocenters. The maximum Gasteiger partial charge on any atom is 0.246 e. The SMILES string of the molecule is Cc1cc2ncn(CC3CCN(C(=O)/C=C/c4ccco4)CC3)c2cc1C. The van der Waals surface area contributed by atoms with Crippen molar-refractivity contribution in [1.82, 2.24) is 14.5 Å². The summed E-state index contributed by atoms with van der Waals surface area (Å²) in [4.78, 5) is 18.8. The van der Waals surface area contributed by atoms with Crippen LogP contribution in [0.25, 0.3) is 17.1 Å². The van der Waals surface area contributed by atoms with Gasteiger partial charge in [0.2, 0.25) is 5.91 Å². The average Bonchev–Trinajstić information content (AvgIpc) is 3.32. The highest BCUT2D eigenvalue weighted by Crippen LogP contribution is 2.23. The molecule has 3 heterocycles. The number of hydrogen-bond donors (Lipinski definition) is 0. The zero-order valence-electron chi connectivity index (χ0n) is 15.9. The molecule has 5 nitrogen and oxygen atoms in total. The van der Waals surface area contributed by atoms with E-state index in [-0.39, 0.29) is 5.91 Å². The van der Waals surface area contributed by atoms with Crippen LogP contribution in [0.3, 0.4) is 0 Å². The Kier molecular flexibility index (Phi) is 4.84. The van der Waals surface area contributed by atoms with Crippen molar-refractivity contribution in [3.63, 3.8) is 0 Å². The van der Waals surface area contributed by atoms with Crippen LogP contribution in [0.5, 0.6) is 0 Å². The number of nitrogens with zero attached hydrogens (tertiary/aromatic N) is 3. The van der Waals surface area contributed by atoms with Gasteiger partial charge >= 0.3 is 0 Å². The van der Waals surface area contributed by atoms with E-state index >= 15 is 0 Å². The number of imidazole rings is 1. The molecular weight excluding hydrogens is 338 g/mol. The lowest BCUT2D eigenvalue weighted by Crippen LogP contribution is -2.38. The zero-order valence-corrected chi connectivity index (χ0v) is 15.9. The summed E-state index contributed by atoms with van der Waals surface area (Å²) in [6, 6.07) is 8.05. The maximum absolute atomic E-state index is 12.3. The van der Waals surface area contributed by atoms with Crippen LogP contribution in [0, 0.1) is 19.8 Å². The lowest BCUT2D eigenvalue weighted by Gasteiger charge is -2.31. The Morgan fingerprint density at radius 3 is 2.78 bits per heavy atom. The van der Waals surface area contributed by atoms with Gasteiger partial charge in [-0.05, 0) is 74.1 Å². The number of aryl methyl sites for hydroxylation is 2. The molecule has 0 unspecified atom stereocenters. The normalized spacial score (nSPS) is 15.9. The molecule has 1 aliphatic rings. The third-order valence-corrected chi connectivity index (χ3v) is 5.55. The minimum atomic E-state index is 0.0593. The molecule has 140 valence electrons. The van der Waals surface area contributed by atoms with Crippen LogP contribution in [0.15, 0.2) is 47.3 Å². The predicted molar refractivity (Wildman–Crippen MR) is 106 cm³/mol. The lowest BCUT2D eigenvalue weighted by molar-refractivity contribution is -0.127. The molecule has 0 aliphatic carbocycles. The predicted octanol–water partition coefficient (Wildman–Crippen LogP) is 4.20. The number of hydrogen-bond acceptors (Lipinski definition) is 3. The van der Waals surface area contributed by atoms with Crippen molar-refractivity contribution in [1.29, 1.82) is 0 Å². The Hall–Kier alpha value is -2.82. The summed E-state index contributed by atoms with van der Waals surface area (Å²) >= 11 is 0. The molecule has 1 fully saturated rings. The summed E-state index contributed by atoms with van der Waals surface area (Å²) in [7, 11) is 0. The molecule has 1 saturated heterocycles. The largest absolute Gasteiger partial charge is 0.465 e. The van der Waals surface area contributed by atoms with E-state index < -0.39 is 0 Å². The monoisotopic (exact) mass is 363 g/mol. The fraction of sp³-hybridized carbons (Fsp3) is 0.364. The van der Waals surface area contributed by atoms with E-state index in [0.717, 1.165) is 38.0 Å². The lowest BCUT2D eigenvalue weighted by atomic mass is 9.96. The second kappa shape index (κ2) is 7.43. The van der Waals surface area contributed by atoms with Crippen LogP contribution >= 0.6 is 0 Å². The summed E-state index contributed by atoms with van der Waals surface area (Å²) in [5.41, 5.74) is 4.85. The van der Waals surface area contributed by atoms with Gasteiger partial charge in [0.25, 0.3) is 0 Å². The van der Waals surface area contributed by atoms with Gasteiger partial charge < -0.3 is 13.9 Å². The molecule has 1 amide bonds. The van der Waals surface area contributed by atoms with Crippen molar-refractivity contribution in [2.24, 2.45) is 5.92 Å². The van der Waals surface area contributed by atoms with Gasteiger partial charge in [0, 0.05) is 25.7 Å². The van der Waals surface area contributed by atoms with Gasteiger partial charge in [0.15, 0.2) is 0 Å². The molecule has 4 rings (SSSR count). The number of rotatable bonds is 4. The number of carbonyl (C=O) groups is 1. The van der Waals surface area contributed by atoms with E-state index in [1.165, 1.54) is 16.6 Å². The number of piperidine rings is 1. The van der Waals surface area contributed by atoms with Gasteiger partial charge in [0.1, 0.15) is 5.76 Å². The van der Waals surface area contributed by atoms with Crippen molar-refractivity contribution in [3.05, 3.63) is 59.8 Å². The third-order valence-electron chi connectivity index (χ3n) is 5.55. The van der Waals surface area contributed by atoms with Gasteiger partial charge in [-0.3, -0.25) is 4.79 Å². The molecule has 1 aromatic carbocycles. The molecule has 0 radical (unpaired) electrons. The molecule has 0 bridgehead atoms. The first-order valence-corrected chi connectivity index (χ1v) is 9.53. The first kappa shape index (κ1) is 17.6. The van der Waals surface area contributed by atoms with Crippen molar-refractivity contribution < 1.29 is 9.21 Å². The first-order chi connectivity index (χ1) is 13.1. The van der Waals surface area contributed by atoms with Crippen molar-refractivity contribution in [2.75, 3.05) is 13.1 Å². The zero-order chi connectivity index (χ0) is 18.8. The fourth-order valence-corrected chi connectivity index (χ4v) is 3.72. The summed E-state index contributed by atoms with van der Waals surface area (Å²) in [5, 5.41) is 0. The molecule has 27 heavy (non-hydrogen) atoms. The number of carbonyl (C=O) groups excluding carboxylic acids is 1. The van der Waals surface area contributed by atoms with Crippen LogP contribution < -0.4 is 0 Å². The smallest absolute Gasteiger partial charge is 0.246 e. The molecule has 0 spiro atoms. The Labute approximate surface area is 159 Å². The Bertz CT molecular complexity index is 961. The van der Waals surface area contributed by atoms with Crippen LogP contribution in [0.2, 0.25) is 0 Å². The van der Waals surface area contributed by atoms with Gasteiger partial charge in [-0.1, -0.05) is 0 Å². The Balaban J connectivity index is 1.36. The van der Waals surface area contributed by atoms with E-state index in [1.54, 1.807) is 18.4 Å². The highest BCUT2D eigenvalue weighted by Gasteiger charge is 2.22. The molecule has 1 aliphatic heterocycles. The minimum absolute atomic E-state index is 0.0593. The quantitative estimate of drug-likeness (QED) is 0.653. The first-order valence-electron chi connectivity index (χ1n) is 9.53. The van der Waals surface area contributed by atoms with E-state index in [0.29, 0.717) is 11.7 Å². The average molecular weight is 363 g/mol. The van der Waals surface area contributed by atoms with Crippen molar-refractivity contribution >= 4 is 23.0 Å². The number of likely N-dealkylation sites (tertiary alicyclic amines) is 1. The Morgan fingerprint density at radius 2 is 2.04 bits per heavy atom. The summed E-state index contributed by atoms with van der Waals surface area (Å²) < 4.78 is 7.50. The summed E-state index contributed by atoms with van der Waals surface area (Å²) in [6.45, 7) is 6.84. The highest BCUT2D eigenvalue weighted by molar-refractivity contribution is 5.91. The molecule has 0 saturated carbocycles. The third kappa shape index (κ3) is 3.82. The topological polar surface area (TPSA) is 51.3 Å². The maximum atomic E-state index is 12.3.